The van der Waals surface area contributed by atoms with Gasteiger partial charge in [-0.15, -0.1) is 39.6 Å². The third-order valence-corrected chi connectivity index (χ3v) is 5.73. The van der Waals surface area contributed by atoms with Crippen molar-refractivity contribution in [2.45, 2.75) is 41.5 Å². The number of methoxy groups -OCH3 is 4. The van der Waals surface area contributed by atoms with Gasteiger partial charge in [-0.05, 0) is 72.8 Å². The van der Waals surface area contributed by atoms with Crippen molar-refractivity contribution >= 4 is 11.6 Å². The molecule has 4 aromatic rings. The maximum atomic E-state index is 12.2. The summed E-state index contributed by atoms with van der Waals surface area (Å²) < 4.78 is 19.6. The number of benzene rings is 4. The summed E-state index contributed by atoms with van der Waals surface area (Å²) in [6.45, 7) is 9.42. The van der Waals surface area contributed by atoms with Crippen molar-refractivity contribution in [3.05, 3.63) is 95.1 Å². The molecule has 0 aromatic heterocycles. The van der Waals surface area contributed by atoms with E-state index in [2.05, 4.69) is 0 Å². The zero-order valence-corrected chi connectivity index (χ0v) is 42.0. The average Bonchev–Trinajstić information content (AvgIpc) is 3.19. The van der Waals surface area contributed by atoms with E-state index >= 15 is 0 Å². The van der Waals surface area contributed by atoms with Crippen LogP contribution in [0.3, 0.4) is 0 Å². The molecule has 328 valence electrons. The Morgan fingerprint density at radius 2 is 0.500 bits per heavy atom. The summed E-state index contributed by atoms with van der Waals surface area (Å²) in [5.41, 5.74) is -0.248. The fourth-order valence-corrected chi connectivity index (χ4v) is 3.56. The van der Waals surface area contributed by atoms with Gasteiger partial charge in [-0.25, -0.2) is 0 Å². The van der Waals surface area contributed by atoms with Gasteiger partial charge in [0.1, 0.15) is 23.0 Å². The largest absolute Gasteiger partial charge is 5.00 e. The fraction of sp³-hybridized carbons (Fsp3) is 0.381. The minimum Gasteiger partial charge on any atom is -0.872 e. The molecule has 0 unspecified atom stereocenters. The standard InChI is InChI=1S/2C15H14O5.6C2H5O.2Ta/c2*1-19-9-3-5-11(13(16)7-9)15(18)12-6-4-10(20-2)8-14(12)17;6*1-2-3;;/h2*3-8,16-17H,1-2H3;6*2H2,1H3;;/q;;6*-1;2*+5/p-4. The van der Waals surface area contributed by atoms with Crippen LogP contribution in [-0.2, 0) is 44.8 Å². The number of hydrogen-bond donors (Lipinski definition) is 0. The van der Waals surface area contributed by atoms with E-state index in [-0.39, 0.29) is 107 Å². The van der Waals surface area contributed by atoms with Crippen molar-refractivity contribution in [1.82, 2.24) is 0 Å². The summed E-state index contributed by atoms with van der Waals surface area (Å²) in [4.78, 5) is 24.4. The first-order chi connectivity index (χ1) is 27.6. The van der Waals surface area contributed by atoms with Gasteiger partial charge in [-0.3, -0.25) is 9.59 Å². The smallest absolute Gasteiger partial charge is 0.872 e. The first-order valence-corrected chi connectivity index (χ1v) is 17.6. The molecular weight excluding hydrogens is 1120 g/mol. The predicted octanol–water partition coefficient (Wildman–Crippen LogP) is -1.64. The second kappa shape index (κ2) is 44.4. The Bertz CT molecular complexity index is 1420. The fourth-order valence-electron chi connectivity index (χ4n) is 3.56. The zero-order chi connectivity index (χ0) is 45.6. The number of ketones is 2. The van der Waals surface area contributed by atoms with Crippen molar-refractivity contribution < 1.29 is 124 Å². The van der Waals surface area contributed by atoms with E-state index < -0.39 is 34.6 Å². The van der Waals surface area contributed by atoms with Gasteiger partial charge in [0.25, 0.3) is 0 Å². The number of carbonyl (C=O) groups excluding carboxylic acids is 2. The quantitative estimate of drug-likeness (QED) is 0.179. The molecule has 18 heteroatoms. The van der Waals surface area contributed by atoms with Gasteiger partial charge in [-0.2, -0.15) is 0 Å². The Kier molecular flexibility index (Phi) is 50.1. The predicted molar refractivity (Wildman–Crippen MR) is 200 cm³/mol. The summed E-state index contributed by atoms with van der Waals surface area (Å²) in [5.74, 6) is -1.68. The normalized spacial score (nSPS) is 8.53. The molecule has 0 aliphatic heterocycles. The van der Waals surface area contributed by atoms with Gasteiger partial charge in [0.05, 0.1) is 28.4 Å². The van der Waals surface area contributed by atoms with Crippen LogP contribution in [0, 0.1) is 0 Å². The minimum absolute atomic E-state index is 0. The molecule has 0 aliphatic rings. The van der Waals surface area contributed by atoms with Crippen LogP contribution < -0.4 is 70.0 Å². The first-order valence-electron chi connectivity index (χ1n) is 17.6. The molecule has 0 aliphatic carbocycles. The molecule has 0 saturated heterocycles. The van der Waals surface area contributed by atoms with E-state index in [1.54, 1.807) is 41.5 Å². The Hall–Kier alpha value is -4.14. The molecular formula is C42H54O16Ta2. The summed E-state index contributed by atoms with van der Waals surface area (Å²) >= 11 is 0. The van der Waals surface area contributed by atoms with Crippen LogP contribution in [0.15, 0.2) is 72.8 Å². The second-order valence-corrected chi connectivity index (χ2v) is 9.84. The summed E-state index contributed by atoms with van der Waals surface area (Å²) in [6, 6.07) is 16.3. The van der Waals surface area contributed by atoms with Crippen molar-refractivity contribution in [1.29, 1.82) is 0 Å². The Balaban J connectivity index is -0.000000170. The molecule has 0 fully saturated rings. The summed E-state index contributed by atoms with van der Waals surface area (Å²) in [6.07, 6.45) is 0. The number of hydrogen-bond acceptors (Lipinski definition) is 16. The van der Waals surface area contributed by atoms with E-state index in [4.69, 9.17) is 49.6 Å². The molecule has 0 spiro atoms. The SMILES string of the molecule is CC[O-].CC[O-].CC[O-].CC[O-].CC[O-].CC[O-].COc1ccc(C(=O)c2ccc(OC)cc2[O-])c([O-])c1.COc1ccc(C(=O)c2ccc(OC)cc2[O-])c([O-])c1.[Ta+5].[Ta+5]. The van der Waals surface area contributed by atoms with Crippen molar-refractivity contribution in [2.75, 3.05) is 68.1 Å². The van der Waals surface area contributed by atoms with E-state index in [9.17, 15) is 30.0 Å². The Morgan fingerprint density at radius 3 is 0.600 bits per heavy atom. The van der Waals surface area contributed by atoms with Gasteiger partial charge >= 0.3 is 44.8 Å². The molecule has 0 bridgehead atoms. The second-order valence-electron chi connectivity index (χ2n) is 9.84. The van der Waals surface area contributed by atoms with E-state index in [0.29, 0.717) is 23.0 Å². The topological polar surface area (TPSA) is 302 Å². The molecule has 16 nitrogen and oxygen atoms in total. The number of rotatable bonds is 8. The van der Waals surface area contributed by atoms with E-state index in [1.807, 2.05) is 0 Å². The molecule has 4 rings (SSSR count). The molecule has 60 heavy (non-hydrogen) atoms. The van der Waals surface area contributed by atoms with Crippen LogP contribution in [0.2, 0.25) is 0 Å². The molecule has 0 atom stereocenters. The van der Waals surface area contributed by atoms with E-state index in [1.165, 1.54) is 101 Å². The Labute approximate surface area is 384 Å². The molecule has 0 radical (unpaired) electrons. The van der Waals surface area contributed by atoms with Crippen LogP contribution in [0.4, 0.5) is 0 Å². The van der Waals surface area contributed by atoms with Crippen molar-refractivity contribution in [3.8, 4) is 46.0 Å². The van der Waals surface area contributed by atoms with Crippen LogP contribution in [0.25, 0.3) is 0 Å². The summed E-state index contributed by atoms with van der Waals surface area (Å²) in [7, 11) is 5.70. The maximum absolute atomic E-state index is 12.2. The molecule has 4 aromatic carbocycles. The summed E-state index contributed by atoms with van der Waals surface area (Å²) in [5, 5.41) is 101. The molecule has 0 saturated carbocycles. The van der Waals surface area contributed by atoms with Gasteiger partial charge in [0.15, 0.2) is 11.6 Å². The zero-order valence-electron chi connectivity index (χ0n) is 35.6. The molecule has 0 amide bonds. The molecule has 0 heterocycles. The van der Waals surface area contributed by atoms with Gasteiger partial charge in [0, 0.05) is 22.3 Å². The average molecular weight is 1180 g/mol. The number of ether oxygens (including phenoxy) is 4. The van der Waals surface area contributed by atoms with Gasteiger partial charge in [-0.1, -0.05) is 64.5 Å². The molecule has 0 N–H and O–H groups in total. The van der Waals surface area contributed by atoms with Crippen molar-refractivity contribution in [2.24, 2.45) is 0 Å². The van der Waals surface area contributed by atoms with Gasteiger partial charge in [0.2, 0.25) is 0 Å². The number of carbonyl (C=O) groups is 2. The van der Waals surface area contributed by atoms with Crippen molar-refractivity contribution in [3.63, 3.8) is 0 Å². The third-order valence-electron chi connectivity index (χ3n) is 5.73. The van der Waals surface area contributed by atoms with Gasteiger partial charge < -0.3 is 70.0 Å². The van der Waals surface area contributed by atoms with E-state index in [0.717, 1.165) is 0 Å². The first kappa shape index (κ1) is 67.6. The minimum atomic E-state index is -0.606. The maximum Gasteiger partial charge on any atom is 5.00 e. The third kappa shape index (κ3) is 29.1. The monoisotopic (exact) mass is 1180 g/mol. The van der Waals surface area contributed by atoms with Crippen LogP contribution in [-0.4, -0.2) is 79.6 Å². The van der Waals surface area contributed by atoms with Crippen LogP contribution in [0.1, 0.15) is 73.4 Å². The van der Waals surface area contributed by atoms with Crippen LogP contribution >= 0.6 is 0 Å². The Morgan fingerprint density at radius 1 is 0.367 bits per heavy atom. The van der Waals surface area contributed by atoms with Crippen LogP contribution in [0.5, 0.6) is 46.0 Å².